The Morgan fingerprint density at radius 1 is 1.39 bits per heavy atom. The Balaban J connectivity index is 0.00000162. The second kappa shape index (κ2) is 5.47. The number of nitro groups is 1. The van der Waals surface area contributed by atoms with Crippen LogP contribution < -0.4 is 34.3 Å². The van der Waals surface area contributed by atoms with Gasteiger partial charge >= 0.3 is 29.6 Å². The number of thiazole rings is 1. The number of aromatic nitrogens is 1. The van der Waals surface area contributed by atoms with Crippen LogP contribution in [0.2, 0.25) is 0 Å². The van der Waals surface area contributed by atoms with Gasteiger partial charge in [-0.2, -0.15) is 0 Å². The first-order valence-corrected chi connectivity index (χ1v) is 6.36. The minimum Gasteiger partial charge on any atom is -0.731 e. The van der Waals surface area contributed by atoms with Gasteiger partial charge in [0.05, 0.1) is 15.1 Å². The number of nitrogens with zero attached hydrogens (tertiary/aromatic N) is 2. The first-order valence-electron chi connectivity index (χ1n) is 4.14. The molecule has 1 aromatic carbocycles. The summed E-state index contributed by atoms with van der Waals surface area (Å²) in [6, 6.07) is 3.89. The molecule has 1 heterocycles. The second-order valence-corrected chi connectivity index (χ2v) is 5.13. The van der Waals surface area contributed by atoms with Crippen molar-refractivity contribution in [1.29, 1.82) is 0 Å². The third-order valence-corrected chi connectivity index (χ3v) is 3.30. The van der Waals surface area contributed by atoms with Crippen molar-refractivity contribution in [3.05, 3.63) is 28.3 Å². The van der Waals surface area contributed by atoms with E-state index in [1.165, 1.54) is 18.2 Å². The van der Waals surface area contributed by atoms with Gasteiger partial charge in [0.25, 0.3) is 5.69 Å². The molecule has 0 atom stereocenters. The van der Waals surface area contributed by atoms with Crippen LogP contribution in [0.25, 0.3) is 10.2 Å². The molecule has 0 spiro atoms. The second-order valence-electron chi connectivity index (χ2n) is 2.98. The fourth-order valence-corrected chi connectivity index (χ4v) is 2.66. The van der Waals surface area contributed by atoms with Crippen LogP contribution in [0.4, 0.5) is 10.8 Å². The van der Waals surface area contributed by atoms with Gasteiger partial charge in [-0.3, -0.25) is 14.8 Å². The Morgan fingerprint density at radius 2 is 2.06 bits per heavy atom. The number of nitrogens with one attached hydrogen (secondary N) is 1. The summed E-state index contributed by atoms with van der Waals surface area (Å²) in [5.74, 6) is 0. The SMILES string of the molecule is O=[N+]([O-])c1ccc2nc(NS(=O)(=O)[O-])sc2c1.[Na+]. The van der Waals surface area contributed by atoms with Gasteiger partial charge in [0, 0.05) is 12.1 Å². The van der Waals surface area contributed by atoms with Gasteiger partial charge in [0.2, 0.25) is 0 Å². The van der Waals surface area contributed by atoms with Gasteiger partial charge in [0.15, 0.2) is 15.4 Å². The van der Waals surface area contributed by atoms with E-state index in [9.17, 15) is 23.1 Å². The van der Waals surface area contributed by atoms with E-state index >= 15 is 0 Å². The van der Waals surface area contributed by atoms with Crippen molar-refractivity contribution in [2.45, 2.75) is 0 Å². The maximum atomic E-state index is 10.5. The zero-order valence-electron chi connectivity index (χ0n) is 8.98. The van der Waals surface area contributed by atoms with Gasteiger partial charge in [-0.1, -0.05) is 11.3 Å². The average molecular weight is 297 g/mol. The third-order valence-electron chi connectivity index (χ3n) is 1.80. The molecular weight excluding hydrogens is 293 g/mol. The number of anilines is 1. The summed E-state index contributed by atoms with van der Waals surface area (Å²) in [4.78, 5) is 13.7. The number of fused-ring (bicyclic) bond motifs is 1. The van der Waals surface area contributed by atoms with Crippen LogP contribution in [0.3, 0.4) is 0 Å². The van der Waals surface area contributed by atoms with Crippen LogP contribution in [-0.4, -0.2) is 22.9 Å². The minimum absolute atomic E-state index is 0. The normalized spacial score (nSPS) is 10.9. The maximum absolute atomic E-state index is 10.5. The molecule has 0 unspecified atom stereocenters. The number of nitro benzene ring substituents is 1. The van der Waals surface area contributed by atoms with Crippen LogP contribution in [0.5, 0.6) is 0 Å². The Kier molecular flexibility index (Phi) is 4.64. The Labute approximate surface area is 127 Å². The van der Waals surface area contributed by atoms with Crippen molar-refractivity contribution < 1.29 is 47.5 Å². The van der Waals surface area contributed by atoms with E-state index in [2.05, 4.69) is 4.98 Å². The molecule has 1 N–H and O–H groups in total. The summed E-state index contributed by atoms with van der Waals surface area (Å²) in [6.07, 6.45) is 0. The molecule has 11 heteroatoms. The van der Waals surface area contributed by atoms with Crippen molar-refractivity contribution >= 4 is 42.7 Å². The predicted octanol–water partition coefficient (Wildman–Crippen LogP) is -1.92. The minimum atomic E-state index is -4.64. The molecule has 2 rings (SSSR count). The molecule has 0 aliphatic rings. The van der Waals surface area contributed by atoms with Gasteiger partial charge in [0.1, 0.15) is 0 Å². The summed E-state index contributed by atoms with van der Waals surface area (Å²) in [5.41, 5.74) is 0.254. The molecule has 0 amide bonds. The summed E-state index contributed by atoms with van der Waals surface area (Å²) in [6.45, 7) is 0. The van der Waals surface area contributed by atoms with Crippen molar-refractivity contribution in [3.8, 4) is 0 Å². The van der Waals surface area contributed by atoms with E-state index in [4.69, 9.17) is 0 Å². The first-order chi connectivity index (χ1) is 7.85. The molecule has 0 fully saturated rings. The molecule has 0 saturated heterocycles. The van der Waals surface area contributed by atoms with Crippen LogP contribution >= 0.6 is 11.3 Å². The van der Waals surface area contributed by atoms with Crippen molar-refractivity contribution in [2.24, 2.45) is 0 Å². The van der Waals surface area contributed by atoms with Gasteiger partial charge in [-0.05, 0) is 6.07 Å². The molecule has 8 nitrogen and oxygen atoms in total. The van der Waals surface area contributed by atoms with Crippen molar-refractivity contribution in [3.63, 3.8) is 0 Å². The van der Waals surface area contributed by atoms with Crippen LogP contribution in [0, 0.1) is 10.1 Å². The molecule has 0 saturated carbocycles. The van der Waals surface area contributed by atoms with E-state index in [1.54, 1.807) is 4.72 Å². The number of non-ortho nitro benzene ring substituents is 1. The van der Waals surface area contributed by atoms with Crippen LogP contribution in [0.15, 0.2) is 18.2 Å². The molecule has 1 aromatic heterocycles. The Hall–Kier alpha value is -0.780. The van der Waals surface area contributed by atoms with E-state index in [0.717, 1.165) is 11.3 Å². The van der Waals surface area contributed by atoms with E-state index in [0.29, 0.717) is 10.2 Å². The largest absolute Gasteiger partial charge is 1.00 e. The Morgan fingerprint density at radius 3 is 2.61 bits per heavy atom. The van der Waals surface area contributed by atoms with Gasteiger partial charge in [-0.25, -0.2) is 13.4 Å². The summed E-state index contributed by atoms with van der Waals surface area (Å²) < 4.78 is 33.4. The molecule has 0 aliphatic heterocycles. The smallest absolute Gasteiger partial charge is 0.731 e. The number of hydrogen-bond donors (Lipinski definition) is 1. The maximum Gasteiger partial charge on any atom is 1.00 e. The van der Waals surface area contributed by atoms with E-state index < -0.39 is 15.2 Å². The fraction of sp³-hybridized carbons (Fsp3) is 0. The zero-order chi connectivity index (χ0) is 12.6. The fourth-order valence-electron chi connectivity index (χ4n) is 1.18. The molecule has 0 radical (unpaired) electrons. The van der Waals surface area contributed by atoms with Gasteiger partial charge in [-0.15, -0.1) is 0 Å². The summed E-state index contributed by atoms with van der Waals surface area (Å²) in [7, 11) is -4.64. The molecular formula is C7H4N3NaO5S2. The molecule has 18 heavy (non-hydrogen) atoms. The van der Waals surface area contributed by atoms with E-state index in [-0.39, 0.29) is 40.4 Å². The number of rotatable bonds is 3. The quantitative estimate of drug-likeness (QED) is 0.305. The average Bonchev–Trinajstić information content (AvgIpc) is 2.54. The van der Waals surface area contributed by atoms with E-state index in [1.807, 2.05) is 0 Å². The van der Waals surface area contributed by atoms with Gasteiger partial charge < -0.3 is 4.55 Å². The predicted molar refractivity (Wildman–Crippen MR) is 59.6 cm³/mol. The van der Waals surface area contributed by atoms with Crippen molar-refractivity contribution in [2.75, 3.05) is 4.72 Å². The topological polar surface area (TPSA) is 125 Å². The molecule has 90 valence electrons. The van der Waals surface area contributed by atoms with Crippen molar-refractivity contribution in [1.82, 2.24) is 4.98 Å². The molecule has 0 bridgehead atoms. The number of hydrogen-bond acceptors (Lipinski definition) is 7. The monoisotopic (exact) mass is 297 g/mol. The summed E-state index contributed by atoms with van der Waals surface area (Å²) in [5, 5.41) is 10.4. The standard InChI is InChI=1S/C7H5N3O5S2.Na/c11-10(12)4-1-2-5-6(3-4)16-7(8-5)9-17(13,14)15;/h1-3H,(H,8,9)(H,13,14,15);/q;+1/p-1. The molecule has 2 aromatic rings. The molecule has 0 aliphatic carbocycles. The third kappa shape index (κ3) is 3.60. The Bertz CT molecular complexity index is 698. The van der Waals surface area contributed by atoms with Crippen LogP contribution in [0.1, 0.15) is 0 Å². The first kappa shape index (κ1) is 15.3. The van der Waals surface area contributed by atoms with Crippen LogP contribution in [-0.2, 0) is 10.3 Å². The zero-order valence-corrected chi connectivity index (χ0v) is 12.6. The summed E-state index contributed by atoms with van der Waals surface area (Å²) >= 11 is 0.850. The number of benzene rings is 1.